The molecule has 0 bridgehead atoms. The number of amides is 1. The molecule has 42 heavy (non-hydrogen) atoms. The van der Waals surface area contributed by atoms with E-state index in [-0.39, 0.29) is 17.0 Å². The fourth-order valence-electron chi connectivity index (χ4n) is 4.52. The van der Waals surface area contributed by atoms with Gasteiger partial charge < -0.3 is 14.6 Å². The molecule has 1 amide bonds. The molecule has 9 nitrogen and oxygen atoms in total. The van der Waals surface area contributed by atoms with Crippen LogP contribution in [0.25, 0.3) is 0 Å². The van der Waals surface area contributed by atoms with Gasteiger partial charge in [-0.2, -0.15) is 18.3 Å². The van der Waals surface area contributed by atoms with Gasteiger partial charge in [0.25, 0.3) is 11.5 Å². The van der Waals surface area contributed by atoms with E-state index in [1.807, 2.05) is 31.3 Å². The van der Waals surface area contributed by atoms with Crippen LogP contribution in [0.1, 0.15) is 51.2 Å². The van der Waals surface area contributed by atoms with Crippen LogP contribution in [0.2, 0.25) is 0 Å². The molecular formula is C29H27F4N5O4. The molecule has 2 N–H and O–H groups in total. The highest BCUT2D eigenvalue weighted by Gasteiger charge is 2.38. The predicted octanol–water partition coefficient (Wildman–Crippen LogP) is 4.14. The summed E-state index contributed by atoms with van der Waals surface area (Å²) in [6.45, 7) is 3.33. The van der Waals surface area contributed by atoms with Crippen molar-refractivity contribution in [3.05, 3.63) is 116 Å². The highest BCUT2D eigenvalue weighted by atomic mass is 19.4. The van der Waals surface area contributed by atoms with Crippen LogP contribution < -0.4 is 5.56 Å². The molecule has 0 saturated carbocycles. The van der Waals surface area contributed by atoms with Gasteiger partial charge in [-0.1, -0.05) is 43.3 Å². The van der Waals surface area contributed by atoms with Crippen molar-refractivity contribution in [3.63, 3.8) is 0 Å². The maximum absolute atomic E-state index is 14.7. The van der Waals surface area contributed by atoms with Gasteiger partial charge in [-0.15, -0.1) is 0 Å². The van der Waals surface area contributed by atoms with Crippen molar-refractivity contribution in [2.45, 2.75) is 45.5 Å². The maximum Gasteiger partial charge on any atom is 0.490 e. The van der Waals surface area contributed by atoms with Gasteiger partial charge in [0.1, 0.15) is 11.6 Å². The number of hydrogen-bond acceptors (Lipinski definition) is 5. The summed E-state index contributed by atoms with van der Waals surface area (Å²) in [7, 11) is 0. The molecule has 0 aliphatic carbocycles. The molecule has 3 heterocycles. The summed E-state index contributed by atoms with van der Waals surface area (Å²) in [5.74, 6) is -2.86. The average Bonchev–Trinajstić information content (AvgIpc) is 3.36. The quantitative estimate of drug-likeness (QED) is 0.328. The maximum atomic E-state index is 14.7. The number of aromatic amines is 1. The molecule has 0 fully saturated rings. The van der Waals surface area contributed by atoms with Crippen molar-refractivity contribution >= 4 is 11.9 Å². The number of carboxylic acid groups (broad SMARTS) is 1. The number of aryl methyl sites for hydroxylation is 1. The number of benzene rings is 2. The Morgan fingerprint density at radius 2 is 1.74 bits per heavy atom. The fraction of sp³-hybridized carbons (Fsp3) is 0.276. The van der Waals surface area contributed by atoms with E-state index in [2.05, 4.69) is 31.9 Å². The minimum Gasteiger partial charge on any atom is -0.475 e. The Kier molecular flexibility index (Phi) is 9.18. The zero-order valence-electron chi connectivity index (χ0n) is 22.5. The minimum atomic E-state index is -5.08. The minimum absolute atomic E-state index is 0.0344. The summed E-state index contributed by atoms with van der Waals surface area (Å²) in [4.78, 5) is 40.1. The Morgan fingerprint density at radius 3 is 2.40 bits per heavy atom. The lowest BCUT2D eigenvalue weighted by Gasteiger charge is -2.29. The number of alkyl halides is 3. The van der Waals surface area contributed by atoms with Gasteiger partial charge in [-0.05, 0) is 35.7 Å². The number of aromatic nitrogens is 4. The highest BCUT2D eigenvalue weighted by Crippen LogP contribution is 2.21. The van der Waals surface area contributed by atoms with Gasteiger partial charge in [0.05, 0.1) is 17.8 Å². The molecular weight excluding hydrogens is 558 g/mol. The van der Waals surface area contributed by atoms with Crippen LogP contribution >= 0.6 is 0 Å². The first-order valence-electron chi connectivity index (χ1n) is 13.0. The number of carboxylic acids is 1. The Labute approximate surface area is 237 Å². The lowest BCUT2D eigenvalue weighted by atomic mass is 10.0. The molecule has 0 unspecified atom stereocenters. The van der Waals surface area contributed by atoms with E-state index in [1.165, 1.54) is 11.6 Å². The molecule has 1 aliphatic heterocycles. The van der Waals surface area contributed by atoms with E-state index in [0.29, 0.717) is 43.7 Å². The zero-order valence-corrected chi connectivity index (χ0v) is 22.5. The van der Waals surface area contributed by atoms with Crippen LogP contribution in [0, 0.1) is 5.82 Å². The van der Waals surface area contributed by atoms with Crippen molar-refractivity contribution in [3.8, 4) is 0 Å². The van der Waals surface area contributed by atoms with E-state index in [9.17, 15) is 27.2 Å². The van der Waals surface area contributed by atoms with Crippen LogP contribution in [0.3, 0.4) is 0 Å². The molecule has 0 saturated heterocycles. The second-order valence-corrected chi connectivity index (χ2v) is 9.57. The lowest BCUT2D eigenvalue weighted by molar-refractivity contribution is -0.192. The number of nitrogens with one attached hydrogen (secondary N) is 1. The normalized spacial score (nSPS) is 12.7. The lowest BCUT2D eigenvalue weighted by Crippen LogP contribution is -2.39. The van der Waals surface area contributed by atoms with Crippen molar-refractivity contribution in [2.24, 2.45) is 0 Å². The predicted molar refractivity (Wildman–Crippen MR) is 143 cm³/mol. The number of nitrogens with zero attached hydrogens (tertiary/aromatic N) is 4. The third-order valence-electron chi connectivity index (χ3n) is 6.67. The topological polar surface area (TPSA) is 121 Å². The second-order valence-electron chi connectivity index (χ2n) is 9.57. The molecule has 13 heteroatoms. The largest absolute Gasteiger partial charge is 0.490 e. The Hall–Kier alpha value is -4.81. The summed E-state index contributed by atoms with van der Waals surface area (Å²) >= 11 is 0. The number of rotatable bonds is 6. The molecule has 5 rings (SSSR count). The summed E-state index contributed by atoms with van der Waals surface area (Å²) in [6.07, 6.45) is -1.47. The standard InChI is InChI=1S/C27H26FN5O2.C2HF3O2/c1-2-20-15-21(30-31-26(20)34)12-19-8-9-24(28)23(14-19)27(35)32-10-11-33-22(16-29-25(33)17-32)13-18-6-4-3-5-7-18;3-2(4,5)1(6)7/h3-9,14-16H,2,10-13,17H2,1H3,(H,31,34);(H,6,7). The molecule has 4 aromatic rings. The SMILES string of the molecule is CCc1cc(Cc2ccc(F)c(C(=O)N3CCn4c(Cc5ccccc5)cnc4C3)c2)n[nH]c1=O.O=C(O)C(F)(F)F. The molecule has 2 aromatic heterocycles. The van der Waals surface area contributed by atoms with Crippen molar-refractivity contribution in [1.29, 1.82) is 0 Å². The van der Waals surface area contributed by atoms with E-state index in [4.69, 9.17) is 9.90 Å². The number of imidazole rings is 1. The molecule has 1 aliphatic rings. The van der Waals surface area contributed by atoms with Crippen LogP contribution in [0.4, 0.5) is 17.6 Å². The summed E-state index contributed by atoms with van der Waals surface area (Å²) in [5.41, 5.74) is 4.19. The average molecular weight is 586 g/mol. The fourth-order valence-corrected chi connectivity index (χ4v) is 4.52. The second kappa shape index (κ2) is 12.8. The van der Waals surface area contributed by atoms with Crippen molar-refractivity contribution < 1.29 is 32.3 Å². The van der Waals surface area contributed by atoms with Crippen LogP contribution in [-0.4, -0.2) is 54.4 Å². The number of H-pyrrole nitrogens is 1. The first kappa shape index (κ1) is 30.2. The van der Waals surface area contributed by atoms with E-state index in [0.717, 1.165) is 23.5 Å². The molecule has 0 radical (unpaired) electrons. The number of aliphatic carboxylic acids is 1. The number of fused-ring (bicyclic) bond motifs is 1. The van der Waals surface area contributed by atoms with Crippen LogP contribution in [0.5, 0.6) is 0 Å². The molecule has 0 atom stereocenters. The smallest absolute Gasteiger partial charge is 0.475 e. The molecule has 0 spiro atoms. The van der Waals surface area contributed by atoms with Gasteiger partial charge in [0.15, 0.2) is 0 Å². The number of hydrogen-bond donors (Lipinski definition) is 2. The van der Waals surface area contributed by atoms with E-state index in [1.54, 1.807) is 23.1 Å². The van der Waals surface area contributed by atoms with Gasteiger partial charge in [0.2, 0.25) is 0 Å². The Balaban J connectivity index is 0.000000517. The third kappa shape index (κ3) is 7.28. The highest BCUT2D eigenvalue weighted by molar-refractivity contribution is 5.94. The molecule has 2 aromatic carbocycles. The van der Waals surface area contributed by atoms with Gasteiger partial charge in [-0.25, -0.2) is 19.3 Å². The Morgan fingerprint density at radius 1 is 1.02 bits per heavy atom. The van der Waals surface area contributed by atoms with E-state index < -0.39 is 18.0 Å². The third-order valence-corrected chi connectivity index (χ3v) is 6.67. The first-order valence-corrected chi connectivity index (χ1v) is 13.0. The zero-order chi connectivity index (χ0) is 30.4. The number of carbonyl (C=O) groups is 2. The van der Waals surface area contributed by atoms with Crippen LogP contribution in [0.15, 0.2) is 65.6 Å². The van der Waals surface area contributed by atoms with Gasteiger partial charge >= 0.3 is 12.1 Å². The first-order chi connectivity index (χ1) is 20.0. The van der Waals surface area contributed by atoms with Gasteiger partial charge in [0, 0.05) is 43.4 Å². The summed E-state index contributed by atoms with van der Waals surface area (Å²) in [6, 6.07) is 16.5. The molecule has 220 valence electrons. The summed E-state index contributed by atoms with van der Waals surface area (Å²) in [5, 5.41) is 13.7. The van der Waals surface area contributed by atoms with Gasteiger partial charge in [-0.3, -0.25) is 9.59 Å². The number of halogens is 4. The number of carbonyl (C=O) groups excluding carboxylic acids is 1. The van der Waals surface area contributed by atoms with Crippen molar-refractivity contribution in [1.82, 2.24) is 24.6 Å². The van der Waals surface area contributed by atoms with Crippen LogP contribution in [-0.2, 0) is 37.1 Å². The summed E-state index contributed by atoms with van der Waals surface area (Å²) < 4.78 is 48.6. The van der Waals surface area contributed by atoms with E-state index >= 15 is 0 Å². The Bertz CT molecular complexity index is 1630. The van der Waals surface area contributed by atoms with Crippen molar-refractivity contribution in [2.75, 3.05) is 6.54 Å². The monoisotopic (exact) mass is 585 g/mol.